The minimum absolute atomic E-state index is 0.0446. The molecule has 1 aromatic rings. The van der Waals surface area contributed by atoms with Crippen molar-refractivity contribution in [2.24, 2.45) is 0 Å². The maximum Gasteiger partial charge on any atom is 0.226 e. The molecule has 1 aromatic carbocycles. The Hall–Kier alpha value is -2.04. The molecule has 0 heterocycles. The van der Waals surface area contributed by atoms with Gasteiger partial charge in [-0.15, -0.1) is 0 Å². The Morgan fingerprint density at radius 2 is 2.00 bits per heavy atom. The summed E-state index contributed by atoms with van der Waals surface area (Å²) in [7, 11) is 3.26. The number of rotatable bonds is 5. The first-order valence-electron chi connectivity index (χ1n) is 5.82. The van der Waals surface area contributed by atoms with Crippen molar-refractivity contribution < 1.29 is 9.59 Å². The molecular formula is C13H19N3O2. The Morgan fingerprint density at radius 3 is 2.61 bits per heavy atom. The molecule has 0 bridgehead atoms. The molecule has 0 aliphatic rings. The van der Waals surface area contributed by atoms with Gasteiger partial charge in [-0.05, 0) is 11.6 Å². The molecule has 98 valence electrons. The average molecular weight is 249 g/mol. The summed E-state index contributed by atoms with van der Waals surface area (Å²) in [5, 5.41) is 2.52. The fourth-order valence-corrected chi connectivity index (χ4v) is 1.51. The maximum atomic E-state index is 11.9. The van der Waals surface area contributed by atoms with Gasteiger partial charge in [0.25, 0.3) is 0 Å². The lowest BCUT2D eigenvalue weighted by molar-refractivity contribution is -0.129. The van der Waals surface area contributed by atoms with Gasteiger partial charge in [-0.2, -0.15) is 0 Å². The summed E-state index contributed by atoms with van der Waals surface area (Å²) in [6.45, 7) is 0.408. The van der Waals surface area contributed by atoms with Crippen LogP contribution in [0.1, 0.15) is 12.0 Å². The smallest absolute Gasteiger partial charge is 0.226 e. The summed E-state index contributed by atoms with van der Waals surface area (Å²) in [5.74, 6) is -0.120. The minimum atomic E-state index is -0.0751. The number of para-hydroxylation sites is 1. The summed E-state index contributed by atoms with van der Waals surface area (Å²) in [6.07, 6.45) is 0.569. The van der Waals surface area contributed by atoms with E-state index in [1.54, 1.807) is 25.1 Å². The van der Waals surface area contributed by atoms with Crippen molar-refractivity contribution in [1.82, 2.24) is 10.2 Å². The predicted molar refractivity (Wildman–Crippen MR) is 70.9 cm³/mol. The Labute approximate surface area is 107 Å². The van der Waals surface area contributed by atoms with E-state index in [0.717, 1.165) is 5.56 Å². The summed E-state index contributed by atoms with van der Waals surface area (Å²) in [5.41, 5.74) is 7.21. The molecule has 0 aliphatic heterocycles. The van der Waals surface area contributed by atoms with Crippen molar-refractivity contribution in [3.63, 3.8) is 0 Å². The van der Waals surface area contributed by atoms with Crippen LogP contribution in [0.5, 0.6) is 0 Å². The van der Waals surface area contributed by atoms with Crippen LogP contribution in [0.15, 0.2) is 24.3 Å². The van der Waals surface area contributed by atoms with Crippen LogP contribution in [0.3, 0.4) is 0 Å². The van der Waals surface area contributed by atoms with E-state index in [-0.39, 0.29) is 18.2 Å². The highest BCUT2D eigenvalue weighted by Gasteiger charge is 2.12. The summed E-state index contributed by atoms with van der Waals surface area (Å²) in [4.78, 5) is 24.5. The van der Waals surface area contributed by atoms with Gasteiger partial charge in [0.05, 0.1) is 6.42 Å². The van der Waals surface area contributed by atoms with E-state index in [1.807, 2.05) is 18.2 Å². The molecule has 5 nitrogen and oxygen atoms in total. The third-order valence-corrected chi connectivity index (χ3v) is 2.78. The van der Waals surface area contributed by atoms with Gasteiger partial charge in [0.1, 0.15) is 0 Å². The van der Waals surface area contributed by atoms with Crippen LogP contribution in [0, 0.1) is 0 Å². The molecular weight excluding hydrogens is 230 g/mol. The van der Waals surface area contributed by atoms with E-state index in [0.29, 0.717) is 18.7 Å². The standard InChI is InChI=1S/C13H19N3O2/c1-15-12(17)7-8-16(2)13(18)9-10-5-3-4-6-11(10)14/h3-6H,7-9,14H2,1-2H3,(H,15,17). The SMILES string of the molecule is CNC(=O)CCN(C)C(=O)Cc1ccccc1N. The third kappa shape index (κ3) is 4.08. The van der Waals surface area contributed by atoms with Gasteiger partial charge in [0.2, 0.25) is 11.8 Å². The van der Waals surface area contributed by atoms with E-state index in [2.05, 4.69) is 5.32 Å². The van der Waals surface area contributed by atoms with Crippen LogP contribution in [-0.4, -0.2) is 37.4 Å². The largest absolute Gasteiger partial charge is 0.398 e. The fourth-order valence-electron chi connectivity index (χ4n) is 1.51. The average Bonchev–Trinajstić information content (AvgIpc) is 2.38. The van der Waals surface area contributed by atoms with Crippen molar-refractivity contribution in [2.45, 2.75) is 12.8 Å². The first kappa shape index (κ1) is 14.0. The van der Waals surface area contributed by atoms with Gasteiger partial charge < -0.3 is 16.0 Å². The Bertz CT molecular complexity index is 432. The molecule has 0 aromatic heterocycles. The second-order valence-electron chi connectivity index (χ2n) is 4.11. The maximum absolute atomic E-state index is 11.9. The second-order valence-corrected chi connectivity index (χ2v) is 4.11. The summed E-state index contributed by atoms with van der Waals surface area (Å²) in [6, 6.07) is 7.29. The zero-order valence-corrected chi connectivity index (χ0v) is 10.8. The number of carbonyl (C=O) groups is 2. The lowest BCUT2D eigenvalue weighted by atomic mass is 10.1. The first-order chi connectivity index (χ1) is 8.54. The van der Waals surface area contributed by atoms with Crippen molar-refractivity contribution in [2.75, 3.05) is 26.4 Å². The Kier molecular flexibility index (Phi) is 5.17. The molecule has 0 saturated heterocycles. The topological polar surface area (TPSA) is 75.4 Å². The second kappa shape index (κ2) is 6.64. The monoisotopic (exact) mass is 249 g/mol. The molecule has 5 heteroatoms. The number of likely N-dealkylation sites (N-methyl/N-ethyl adjacent to an activating group) is 1. The van der Waals surface area contributed by atoms with Gasteiger partial charge in [0.15, 0.2) is 0 Å². The number of nitrogens with two attached hydrogens (primary N) is 1. The number of amides is 2. The quantitative estimate of drug-likeness (QED) is 0.742. The molecule has 1 rings (SSSR count). The third-order valence-electron chi connectivity index (χ3n) is 2.78. The lowest BCUT2D eigenvalue weighted by Crippen LogP contribution is -2.32. The van der Waals surface area contributed by atoms with Crippen molar-refractivity contribution in [3.8, 4) is 0 Å². The van der Waals surface area contributed by atoms with E-state index in [9.17, 15) is 9.59 Å². The molecule has 0 radical (unpaired) electrons. The van der Waals surface area contributed by atoms with Gasteiger partial charge >= 0.3 is 0 Å². The summed E-state index contributed by atoms with van der Waals surface area (Å²) < 4.78 is 0. The van der Waals surface area contributed by atoms with E-state index >= 15 is 0 Å². The van der Waals surface area contributed by atoms with E-state index in [4.69, 9.17) is 5.73 Å². The molecule has 0 atom stereocenters. The molecule has 18 heavy (non-hydrogen) atoms. The number of anilines is 1. The highest BCUT2D eigenvalue weighted by molar-refractivity contribution is 5.81. The van der Waals surface area contributed by atoms with E-state index in [1.165, 1.54) is 0 Å². The Morgan fingerprint density at radius 1 is 1.33 bits per heavy atom. The lowest BCUT2D eigenvalue weighted by Gasteiger charge is -2.17. The summed E-state index contributed by atoms with van der Waals surface area (Å²) >= 11 is 0. The molecule has 0 saturated carbocycles. The number of nitrogen functional groups attached to an aromatic ring is 1. The molecule has 0 fully saturated rings. The van der Waals surface area contributed by atoms with Gasteiger partial charge in [-0.1, -0.05) is 18.2 Å². The van der Waals surface area contributed by atoms with Crippen LogP contribution < -0.4 is 11.1 Å². The van der Waals surface area contributed by atoms with Crippen LogP contribution in [-0.2, 0) is 16.0 Å². The van der Waals surface area contributed by atoms with E-state index < -0.39 is 0 Å². The van der Waals surface area contributed by atoms with Gasteiger partial charge in [-0.25, -0.2) is 0 Å². The zero-order valence-electron chi connectivity index (χ0n) is 10.8. The van der Waals surface area contributed by atoms with Crippen LogP contribution in [0.2, 0.25) is 0 Å². The molecule has 2 amide bonds. The minimum Gasteiger partial charge on any atom is -0.398 e. The van der Waals surface area contributed by atoms with Gasteiger partial charge in [-0.3, -0.25) is 9.59 Å². The molecule has 3 N–H and O–H groups in total. The van der Waals surface area contributed by atoms with Crippen LogP contribution in [0.25, 0.3) is 0 Å². The number of nitrogens with zero attached hydrogens (tertiary/aromatic N) is 1. The van der Waals surface area contributed by atoms with Crippen molar-refractivity contribution >= 4 is 17.5 Å². The predicted octanol–water partition coefficient (Wildman–Crippen LogP) is 0.406. The Balaban J connectivity index is 2.50. The number of hydrogen-bond acceptors (Lipinski definition) is 3. The number of benzene rings is 1. The molecule has 0 aliphatic carbocycles. The molecule has 0 spiro atoms. The fraction of sp³-hybridized carbons (Fsp3) is 0.385. The van der Waals surface area contributed by atoms with Crippen LogP contribution in [0.4, 0.5) is 5.69 Å². The number of nitrogens with one attached hydrogen (secondary N) is 1. The first-order valence-corrected chi connectivity index (χ1v) is 5.82. The number of carbonyl (C=O) groups excluding carboxylic acids is 2. The highest BCUT2D eigenvalue weighted by Crippen LogP contribution is 2.12. The van der Waals surface area contributed by atoms with Crippen molar-refractivity contribution in [1.29, 1.82) is 0 Å². The van der Waals surface area contributed by atoms with Crippen molar-refractivity contribution in [3.05, 3.63) is 29.8 Å². The normalized spacial score (nSPS) is 9.89. The van der Waals surface area contributed by atoms with Crippen LogP contribution >= 0.6 is 0 Å². The number of hydrogen-bond donors (Lipinski definition) is 2. The van der Waals surface area contributed by atoms with Gasteiger partial charge in [0, 0.05) is 32.7 Å². The highest BCUT2D eigenvalue weighted by atomic mass is 16.2. The molecule has 0 unspecified atom stereocenters. The zero-order chi connectivity index (χ0) is 13.5.